The Kier molecular flexibility index (Phi) is 4.61. The SMILES string of the molecule is NC1CCN(CC(=O)Nc2cc(F)c(F)cc2F)CC1. The van der Waals surface area contributed by atoms with Crippen molar-refractivity contribution in [3.63, 3.8) is 0 Å². The van der Waals surface area contributed by atoms with Gasteiger partial charge in [-0.05, 0) is 12.8 Å². The van der Waals surface area contributed by atoms with E-state index >= 15 is 0 Å². The van der Waals surface area contributed by atoms with Gasteiger partial charge in [-0.3, -0.25) is 9.69 Å². The van der Waals surface area contributed by atoms with E-state index in [4.69, 9.17) is 5.73 Å². The number of amides is 1. The highest BCUT2D eigenvalue weighted by Gasteiger charge is 2.19. The first-order valence-electron chi connectivity index (χ1n) is 6.38. The number of likely N-dealkylation sites (tertiary alicyclic amines) is 1. The largest absolute Gasteiger partial charge is 0.328 e. The van der Waals surface area contributed by atoms with Crippen LogP contribution in [-0.4, -0.2) is 36.5 Å². The van der Waals surface area contributed by atoms with E-state index in [0.29, 0.717) is 25.2 Å². The fraction of sp³-hybridized carbons (Fsp3) is 0.462. The second-order valence-electron chi connectivity index (χ2n) is 4.91. The Bertz CT molecular complexity index is 502. The van der Waals surface area contributed by atoms with Gasteiger partial charge < -0.3 is 11.1 Å². The highest BCUT2D eigenvalue weighted by Crippen LogP contribution is 2.18. The number of nitrogens with one attached hydrogen (secondary N) is 1. The number of piperidine rings is 1. The maximum Gasteiger partial charge on any atom is 0.238 e. The quantitative estimate of drug-likeness (QED) is 0.828. The molecule has 1 aromatic rings. The number of halogens is 3. The number of nitrogens with zero attached hydrogens (tertiary/aromatic N) is 1. The smallest absolute Gasteiger partial charge is 0.238 e. The van der Waals surface area contributed by atoms with Crippen molar-refractivity contribution in [3.05, 3.63) is 29.6 Å². The van der Waals surface area contributed by atoms with Gasteiger partial charge in [0.15, 0.2) is 11.6 Å². The lowest BCUT2D eigenvalue weighted by Gasteiger charge is -2.29. The number of nitrogens with two attached hydrogens (primary N) is 1. The Balaban J connectivity index is 1.93. The Morgan fingerprint density at radius 3 is 2.45 bits per heavy atom. The summed E-state index contributed by atoms with van der Waals surface area (Å²) in [5.41, 5.74) is 5.39. The summed E-state index contributed by atoms with van der Waals surface area (Å²) >= 11 is 0. The third-order valence-corrected chi connectivity index (χ3v) is 3.28. The number of hydrogen-bond donors (Lipinski definition) is 2. The molecule has 3 N–H and O–H groups in total. The summed E-state index contributed by atoms with van der Waals surface area (Å²) in [7, 11) is 0. The van der Waals surface area contributed by atoms with Gasteiger partial charge in [0.1, 0.15) is 5.82 Å². The highest BCUT2D eigenvalue weighted by molar-refractivity contribution is 5.92. The monoisotopic (exact) mass is 287 g/mol. The van der Waals surface area contributed by atoms with E-state index in [1.807, 2.05) is 4.90 Å². The van der Waals surface area contributed by atoms with Gasteiger partial charge in [-0.1, -0.05) is 0 Å². The molecule has 0 atom stereocenters. The summed E-state index contributed by atoms with van der Waals surface area (Å²) in [6.45, 7) is 1.45. The van der Waals surface area contributed by atoms with E-state index in [1.54, 1.807) is 0 Å². The molecule has 1 aromatic carbocycles. The standard InChI is InChI=1S/C13H16F3N3O/c14-9-5-11(16)12(6-10(9)15)18-13(20)7-19-3-1-8(17)2-4-19/h5-6,8H,1-4,7,17H2,(H,18,20). The second-order valence-corrected chi connectivity index (χ2v) is 4.91. The van der Waals surface area contributed by atoms with Crippen LogP contribution >= 0.6 is 0 Å². The van der Waals surface area contributed by atoms with Crippen LogP contribution in [0.4, 0.5) is 18.9 Å². The van der Waals surface area contributed by atoms with Crippen molar-refractivity contribution in [2.75, 3.05) is 25.0 Å². The number of carbonyl (C=O) groups excluding carboxylic acids is 1. The van der Waals surface area contributed by atoms with E-state index in [9.17, 15) is 18.0 Å². The van der Waals surface area contributed by atoms with Crippen molar-refractivity contribution in [1.82, 2.24) is 4.90 Å². The first kappa shape index (κ1) is 14.8. The van der Waals surface area contributed by atoms with Gasteiger partial charge >= 0.3 is 0 Å². The van der Waals surface area contributed by atoms with Crippen LogP contribution in [0.2, 0.25) is 0 Å². The molecule has 110 valence electrons. The molecule has 0 spiro atoms. The Labute approximate surface area is 114 Å². The Hall–Kier alpha value is -1.60. The van der Waals surface area contributed by atoms with Gasteiger partial charge in [-0.15, -0.1) is 0 Å². The summed E-state index contributed by atoms with van der Waals surface area (Å²) in [4.78, 5) is 13.6. The molecule has 1 heterocycles. The van der Waals surface area contributed by atoms with E-state index in [-0.39, 0.29) is 18.3 Å². The predicted molar refractivity (Wildman–Crippen MR) is 68.6 cm³/mol. The molecule has 0 aromatic heterocycles. The molecule has 0 radical (unpaired) electrons. The molecule has 1 fully saturated rings. The zero-order valence-corrected chi connectivity index (χ0v) is 10.8. The molecule has 1 aliphatic heterocycles. The fourth-order valence-electron chi connectivity index (χ4n) is 2.12. The molecule has 2 rings (SSSR count). The van der Waals surface area contributed by atoms with Crippen LogP contribution < -0.4 is 11.1 Å². The minimum atomic E-state index is -1.29. The van der Waals surface area contributed by atoms with Gasteiger partial charge in [0, 0.05) is 31.3 Å². The predicted octanol–water partition coefficient (Wildman–Crippen LogP) is 1.47. The highest BCUT2D eigenvalue weighted by atomic mass is 19.2. The number of anilines is 1. The second kappa shape index (κ2) is 6.23. The maximum absolute atomic E-state index is 13.4. The van der Waals surface area contributed by atoms with E-state index in [1.165, 1.54) is 0 Å². The van der Waals surface area contributed by atoms with Crippen LogP contribution in [0.15, 0.2) is 12.1 Å². The van der Waals surface area contributed by atoms with Gasteiger partial charge in [0.05, 0.1) is 12.2 Å². The van der Waals surface area contributed by atoms with Crippen LogP contribution in [-0.2, 0) is 4.79 Å². The zero-order valence-electron chi connectivity index (χ0n) is 10.8. The minimum absolute atomic E-state index is 0.0746. The molecule has 20 heavy (non-hydrogen) atoms. The van der Waals surface area contributed by atoms with Crippen molar-refractivity contribution in [2.24, 2.45) is 5.73 Å². The molecule has 0 unspecified atom stereocenters. The van der Waals surface area contributed by atoms with Crippen LogP contribution in [0, 0.1) is 17.5 Å². The maximum atomic E-state index is 13.4. The summed E-state index contributed by atoms with van der Waals surface area (Å²) < 4.78 is 39.1. The first-order valence-corrected chi connectivity index (χ1v) is 6.38. The lowest BCUT2D eigenvalue weighted by Crippen LogP contribution is -2.43. The molecular formula is C13H16F3N3O. The molecule has 4 nitrogen and oxygen atoms in total. The first-order chi connectivity index (χ1) is 9.45. The van der Waals surface area contributed by atoms with Crippen molar-refractivity contribution in [2.45, 2.75) is 18.9 Å². The van der Waals surface area contributed by atoms with Crippen LogP contribution in [0.1, 0.15) is 12.8 Å². The van der Waals surface area contributed by atoms with Gasteiger partial charge in [-0.25, -0.2) is 13.2 Å². The number of rotatable bonds is 3. The van der Waals surface area contributed by atoms with Crippen LogP contribution in [0.3, 0.4) is 0 Å². The topological polar surface area (TPSA) is 58.4 Å². The summed E-state index contributed by atoms with van der Waals surface area (Å²) in [6.07, 6.45) is 1.60. The van der Waals surface area contributed by atoms with Crippen molar-refractivity contribution in [3.8, 4) is 0 Å². The fourth-order valence-corrected chi connectivity index (χ4v) is 2.12. The zero-order chi connectivity index (χ0) is 14.7. The lowest BCUT2D eigenvalue weighted by molar-refractivity contribution is -0.117. The third-order valence-electron chi connectivity index (χ3n) is 3.28. The van der Waals surface area contributed by atoms with Crippen LogP contribution in [0.5, 0.6) is 0 Å². The molecule has 0 saturated carbocycles. The Morgan fingerprint density at radius 2 is 1.80 bits per heavy atom. The molecule has 1 saturated heterocycles. The van der Waals surface area contributed by atoms with E-state index < -0.39 is 23.4 Å². The van der Waals surface area contributed by atoms with Crippen molar-refractivity contribution >= 4 is 11.6 Å². The van der Waals surface area contributed by atoms with Gasteiger partial charge in [0.2, 0.25) is 5.91 Å². The number of hydrogen-bond acceptors (Lipinski definition) is 3. The van der Waals surface area contributed by atoms with Gasteiger partial charge in [0.25, 0.3) is 0 Å². The molecule has 1 aliphatic rings. The summed E-state index contributed by atoms with van der Waals surface area (Å²) in [6, 6.07) is 1.19. The van der Waals surface area contributed by atoms with Gasteiger partial charge in [-0.2, -0.15) is 0 Å². The minimum Gasteiger partial charge on any atom is -0.328 e. The van der Waals surface area contributed by atoms with Crippen molar-refractivity contribution in [1.29, 1.82) is 0 Å². The normalized spacial score (nSPS) is 17.2. The van der Waals surface area contributed by atoms with E-state index in [0.717, 1.165) is 12.8 Å². The van der Waals surface area contributed by atoms with E-state index in [2.05, 4.69) is 5.32 Å². The molecule has 1 amide bonds. The average molecular weight is 287 g/mol. The van der Waals surface area contributed by atoms with Crippen molar-refractivity contribution < 1.29 is 18.0 Å². The summed E-state index contributed by atoms with van der Waals surface area (Å²) in [5.74, 6) is -3.96. The summed E-state index contributed by atoms with van der Waals surface area (Å²) in [5, 5.41) is 2.24. The number of carbonyl (C=O) groups is 1. The molecular weight excluding hydrogens is 271 g/mol. The molecule has 0 bridgehead atoms. The molecule has 0 aliphatic carbocycles. The average Bonchev–Trinajstić information content (AvgIpc) is 2.39. The third kappa shape index (κ3) is 3.71. The van der Waals surface area contributed by atoms with Crippen LogP contribution in [0.25, 0.3) is 0 Å². The Morgan fingerprint density at radius 1 is 1.20 bits per heavy atom. The number of benzene rings is 1. The molecule has 7 heteroatoms. The lowest BCUT2D eigenvalue weighted by atomic mass is 10.1.